The van der Waals surface area contributed by atoms with Gasteiger partial charge in [-0.2, -0.15) is 0 Å². The van der Waals surface area contributed by atoms with Gasteiger partial charge in [-0.15, -0.1) is 0 Å². The predicted octanol–water partition coefficient (Wildman–Crippen LogP) is 1.86. The van der Waals surface area contributed by atoms with Crippen molar-refractivity contribution < 1.29 is 5.11 Å². The second-order valence-electron chi connectivity index (χ2n) is 5.77. The largest absolute Gasteiger partial charge is 0.393 e. The molecule has 2 N–H and O–H groups in total. The zero-order valence-corrected chi connectivity index (χ0v) is 11.8. The molecule has 3 heteroatoms. The van der Waals surface area contributed by atoms with Crippen molar-refractivity contribution in [2.75, 3.05) is 26.2 Å². The van der Waals surface area contributed by atoms with E-state index in [4.69, 9.17) is 0 Å². The van der Waals surface area contributed by atoms with E-state index >= 15 is 0 Å². The van der Waals surface area contributed by atoms with Crippen molar-refractivity contribution in [3.8, 4) is 0 Å². The minimum atomic E-state index is -0.122. The Morgan fingerprint density at radius 1 is 1.29 bits per heavy atom. The summed E-state index contributed by atoms with van der Waals surface area (Å²) >= 11 is 0. The van der Waals surface area contributed by atoms with Gasteiger partial charge in [0, 0.05) is 12.6 Å². The average molecular weight is 242 g/mol. The third kappa shape index (κ3) is 6.39. The summed E-state index contributed by atoms with van der Waals surface area (Å²) in [6.07, 6.45) is 4.16. The van der Waals surface area contributed by atoms with Crippen molar-refractivity contribution >= 4 is 0 Å². The van der Waals surface area contributed by atoms with E-state index in [9.17, 15) is 5.11 Å². The van der Waals surface area contributed by atoms with Crippen LogP contribution >= 0.6 is 0 Å². The number of piperidine rings is 1. The molecular formula is C14H30N2O. The van der Waals surface area contributed by atoms with Gasteiger partial charge in [0.05, 0.1) is 6.10 Å². The summed E-state index contributed by atoms with van der Waals surface area (Å²) in [6.45, 7) is 11.3. The van der Waals surface area contributed by atoms with E-state index in [1.807, 2.05) is 6.92 Å². The summed E-state index contributed by atoms with van der Waals surface area (Å²) in [5.41, 5.74) is 0. The van der Waals surface area contributed by atoms with E-state index in [1.165, 1.54) is 32.5 Å². The Morgan fingerprint density at radius 2 is 1.94 bits per heavy atom. The summed E-state index contributed by atoms with van der Waals surface area (Å²) in [7, 11) is 0. The normalized spacial score (nSPS) is 21.0. The standard InChI is InChI=1S/C14H30N2O/c1-4-14(17)5-8-15-13-6-9-16(10-7-13)11-12(2)3/h12-15,17H,4-11H2,1-3H3. The van der Waals surface area contributed by atoms with Crippen LogP contribution in [0.5, 0.6) is 0 Å². The Morgan fingerprint density at radius 3 is 2.47 bits per heavy atom. The van der Waals surface area contributed by atoms with Crippen LogP contribution in [0.3, 0.4) is 0 Å². The first-order valence-electron chi connectivity index (χ1n) is 7.25. The molecular weight excluding hydrogens is 212 g/mol. The summed E-state index contributed by atoms with van der Waals surface area (Å²) in [5.74, 6) is 0.777. The molecule has 0 spiro atoms. The Kier molecular flexibility index (Phi) is 7.09. The molecule has 1 rings (SSSR count). The van der Waals surface area contributed by atoms with Crippen molar-refractivity contribution in [2.45, 2.75) is 58.6 Å². The molecule has 1 aliphatic heterocycles. The van der Waals surface area contributed by atoms with Crippen molar-refractivity contribution in [2.24, 2.45) is 5.92 Å². The van der Waals surface area contributed by atoms with Crippen molar-refractivity contribution in [3.05, 3.63) is 0 Å². The number of likely N-dealkylation sites (tertiary alicyclic amines) is 1. The smallest absolute Gasteiger partial charge is 0.0549 e. The Hall–Kier alpha value is -0.120. The minimum absolute atomic E-state index is 0.122. The lowest BCUT2D eigenvalue weighted by Crippen LogP contribution is -2.44. The van der Waals surface area contributed by atoms with Gasteiger partial charge < -0.3 is 15.3 Å². The molecule has 0 radical (unpaired) electrons. The molecule has 17 heavy (non-hydrogen) atoms. The molecule has 0 bridgehead atoms. The summed E-state index contributed by atoms with van der Waals surface area (Å²) in [4.78, 5) is 2.57. The number of nitrogens with zero attached hydrogens (tertiary/aromatic N) is 1. The van der Waals surface area contributed by atoms with Gasteiger partial charge in [0.25, 0.3) is 0 Å². The molecule has 1 fully saturated rings. The third-order valence-electron chi connectivity index (χ3n) is 3.59. The number of hydrogen-bond donors (Lipinski definition) is 2. The quantitative estimate of drug-likeness (QED) is 0.715. The molecule has 0 amide bonds. The van der Waals surface area contributed by atoms with Crippen LogP contribution in [0.4, 0.5) is 0 Å². The first kappa shape index (κ1) is 14.9. The second-order valence-corrected chi connectivity index (χ2v) is 5.77. The first-order valence-corrected chi connectivity index (χ1v) is 7.25. The van der Waals surface area contributed by atoms with Gasteiger partial charge in [-0.25, -0.2) is 0 Å². The maximum Gasteiger partial charge on any atom is 0.0549 e. The van der Waals surface area contributed by atoms with Gasteiger partial charge in [-0.05, 0) is 51.2 Å². The molecule has 0 aromatic heterocycles. The van der Waals surface area contributed by atoms with Gasteiger partial charge in [0.1, 0.15) is 0 Å². The highest BCUT2D eigenvalue weighted by Gasteiger charge is 2.18. The van der Waals surface area contributed by atoms with Gasteiger partial charge in [-0.3, -0.25) is 0 Å². The van der Waals surface area contributed by atoms with Crippen LogP contribution in [0.2, 0.25) is 0 Å². The molecule has 1 atom stereocenters. The van der Waals surface area contributed by atoms with Crippen molar-refractivity contribution in [3.63, 3.8) is 0 Å². The fraction of sp³-hybridized carbons (Fsp3) is 1.00. The highest BCUT2D eigenvalue weighted by atomic mass is 16.3. The molecule has 1 saturated heterocycles. The van der Waals surface area contributed by atoms with Crippen LogP contribution in [0, 0.1) is 5.92 Å². The first-order chi connectivity index (χ1) is 8.11. The van der Waals surface area contributed by atoms with Crippen LogP contribution in [0.25, 0.3) is 0 Å². The minimum Gasteiger partial charge on any atom is -0.393 e. The molecule has 0 aromatic carbocycles. The van der Waals surface area contributed by atoms with Crippen LogP contribution < -0.4 is 5.32 Å². The molecule has 0 aromatic rings. The van der Waals surface area contributed by atoms with Gasteiger partial charge >= 0.3 is 0 Å². The lowest BCUT2D eigenvalue weighted by molar-refractivity contribution is 0.150. The number of hydrogen-bond acceptors (Lipinski definition) is 3. The fourth-order valence-electron chi connectivity index (χ4n) is 2.49. The van der Waals surface area contributed by atoms with Crippen LogP contribution in [-0.2, 0) is 0 Å². The summed E-state index contributed by atoms with van der Waals surface area (Å²) < 4.78 is 0. The molecule has 1 aliphatic rings. The SMILES string of the molecule is CCC(O)CCNC1CCN(CC(C)C)CC1. The molecule has 102 valence electrons. The zero-order valence-electron chi connectivity index (χ0n) is 11.8. The third-order valence-corrected chi connectivity index (χ3v) is 3.59. The molecule has 0 aliphatic carbocycles. The summed E-state index contributed by atoms with van der Waals surface area (Å²) in [5, 5.41) is 13.1. The Balaban J connectivity index is 2.06. The number of aliphatic hydroxyl groups is 1. The topological polar surface area (TPSA) is 35.5 Å². The monoisotopic (exact) mass is 242 g/mol. The second kappa shape index (κ2) is 8.06. The number of rotatable bonds is 7. The van der Waals surface area contributed by atoms with E-state index < -0.39 is 0 Å². The number of nitrogens with one attached hydrogen (secondary N) is 1. The van der Waals surface area contributed by atoms with Crippen LogP contribution in [0.15, 0.2) is 0 Å². The number of aliphatic hydroxyl groups excluding tert-OH is 1. The van der Waals surface area contributed by atoms with Gasteiger partial charge in [-0.1, -0.05) is 20.8 Å². The Labute approximate surface area is 107 Å². The van der Waals surface area contributed by atoms with Crippen LogP contribution in [0.1, 0.15) is 46.5 Å². The van der Waals surface area contributed by atoms with E-state index in [1.54, 1.807) is 0 Å². The molecule has 1 unspecified atom stereocenters. The highest BCUT2D eigenvalue weighted by molar-refractivity contribution is 4.77. The molecule has 3 nitrogen and oxygen atoms in total. The van der Waals surface area contributed by atoms with E-state index in [-0.39, 0.29) is 6.10 Å². The van der Waals surface area contributed by atoms with E-state index in [0.29, 0.717) is 6.04 Å². The van der Waals surface area contributed by atoms with E-state index in [0.717, 1.165) is 25.3 Å². The lowest BCUT2D eigenvalue weighted by atomic mass is 10.0. The zero-order chi connectivity index (χ0) is 12.7. The average Bonchev–Trinajstić information content (AvgIpc) is 2.30. The fourth-order valence-corrected chi connectivity index (χ4v) is 2.49. The molecule has 0 saturated carbocycles. The molecule has 1 heterocycles. The predicted molar refractivity (Wildman–Crippen MR) is 73.2 cm³/mol. The van der Waals surface area contributed by atoms with Crippen LogP contribution in [-0.4, -0.2) is 48.3 Å². The Bertz CT molecular complexity index is 189. The van der Waals surface area contributed by atoms with Gasteiger partial charge in [0.15, 0.2) is 0 Å². The maximum atomic E-state index is 9.48. The lowest BCUT2D eigenvalue weighted by Gasteiger charge is -2.33. The maximum absolute atomic E-state index is 9.48. The van der Waals surface area contributed by atoms with Crippen molar-refractivity contribution in [1.82, 2.24) is 10.2 Å². The van der Waals surface area contributed by atoms with E-state index in [2.05, 4.69) is 24.1 Å². The highest BCUT2D eigenvalue weighted by Crippen LogP contribution is 2.12. The van der Waals surface area contributed by atoms with Gasteiger partial charge in [0.2, 0.25) is 0 Å². The van der Waals surface area contributed by atoms with Crippen molar-refractivity contribution in [1.29, 1.82) is 0 Å². The summed E-state index contributed by atoms with van der Waals surface area (Å²) in [6, 6.07) is 0.669.